The van der Waals surface area contributed by atoms with Crippen LogP contribution in [0.15, 0.2) is 53.7 Å². The van der Waals surface area contributed by atoms with Crippen molar-refractivity contribution in [3.63, 3.8) is 0 Å². The van der Waals surface area contributed by atoms with Crippen LogP contribution < -0.4 is 10.7 Å². The standard InChI is InChI=1S/C19H18FN5OS/c1-12-10-13-6-2-5-9-16(13)24(12)17(26)11-27-19-23-22-18(25(19)21)14-7-3-4-8-15(14)20/h2-9,12H,10-11,21H2,1H3/t12-/m0/s1. The van der Waals surface area contributed by atoms with E-state index >= 15 is 0 Å². The molecule has 1 aromatic heterocycles. The molecule has 0 fully saturated rings. The summed E-state index contributed by atoms with van der Waals surface area (Å²) in [6.07, 6.45) is 0.844. The van der Waals surface area contributed by atoms with Gasteiger partial charge in [0.25, 0.3) is 0 Å². The highest BCUT2D eigenvalue weighted by Gasteiger charge is 2.30. The third-order valence-electron chi connectivity index (χ3n) is 4.58. The Bertz CT molecular complexity index is 1010. The number of para-hydroxylation sites is 1. The molecule has 8 heteroatoms. The number of rotatable bonds is 4. The van der Waals surface area contributed by atoms with Crippen molar-refractivity contribution in [2.24, 2.45) is 0 Å². The molecule has 2 N–H and O–H groups in total. The third-order valence-corrected chi connectivity index (χ3v) is 5.51. The molecule has 1 amide bonds. The number of aromatic nitrogens is 3. The molecule has 27 heavy (non-hydrogen) atoms. The summed E-state index contributed by atoms with van der Waals surface area (Å²) < 4.78 is 15.2. The van der Waals surface area contributed by atoms with Gasteiger partial charge >= 0.3 is 0 Å². The summed E-state index contributed by atoms with van der Waals surface area (Å²) in [5.41, 5.74) is 2.40. The molecule has 1 aliphatic heterocycles. The van der Waals surface area contributed by atoms with Gasteiger partial charge in [0.2, 0.25) is 11.1 Å². The van der Waals surface area contributed by atoms with E-state index in [-0.39, 0.29) is 29.1 Å². The van der Waals surface area contributed by atoms with Crippen LogP contribution in [0.3, 0.4) is 0 Å². The fraction of sp³-hybridized carbons (Fsp3) is 0.211. The smallest absolute Gasteiger partial charge is 0.237 e. The van der Waals surface area contributed by atoms with Crippen LogP contribution in [0.4, 0.5) is 10.1 Å². The molecule has 0 bridgehead atoms. The Hall–Kier alpha value is -2.87. The minimum absolute atomic E-state index is 0.0205. The van der Waals surface area contributed by atoms with Crippen LogP contribution in [-0.2, 0) is 11.2 Å². The van der Waals surface area contributed by atoms with E-state index in [0.717, 1.165) is 12.1 Å². The van der Waals surface area contributed by atoms with Crippen LogP contribution in [0, 0.1) is 5.82 Å². The Labute approximate surface area is 160 Å². The van der Waals surface area contributed by atoms with E-state index in [9.17, 15) is 9.18 Å². The van der Waals surface area contributed by atoms with Gasteiger partial charge in [-0.1, -0.05) is 42.1 Å². The van der Waals surface area contributed by atoms with Crippen LogP contribution in [0.2, 0.25) is 0 Å². The minimum Gasteiger partial charge on any atom is -0.335 e. The quantitative estimate of drug-likeness (QED) is 0.554. The van der Waals surface area contributed by atoms with Crippen LogP contribution in [0.25, 0.3) is 11.4 Å². The fourth-order valence-electron chi connectivity index (χ4n) is 3.34. The lowest BCUT2D eigenvalue weighted by Crippen LogP contribution is -2.37. The molecule has 138 valence electrons. The van der Waals surface area contributed by atoms with Gasteiger partial charge in [0.1, 0.15) is 5.82 Å². The van der Waals surface area contributed by atoms with Gasteiger partial charge in [-0.2, -0.15) is 0 Å². The molecule has 6 nitrogen and oxygen atoms in total. The first kappa shape index (κ1) is 17.5. The second kappa shape index (κ2) is 7.03. The number of carbonyl (C=O) groups excluding carboxylic acids is 1. The maximum atomic E-state index is 14.0. The molecule has 2 aromatic carbocycles. The summed E-state index contributed by atoms with van der Waals surface area (Å²) in [5, 5.41) is 8.35. The van der Waals surface area contributed by atoms with Crippen molar-refractivity contribution in [2.75, 3.05) is 16.5 Å². The number of nitrogens with two attached hydrogens (primary N) is 1. The van der Waals surface area contributed by atoms with Gasteiger partial charge in [-0.15, -0.1) is 10.2 Å². The van der Waals surface area contributed by atoms with Crippen LogP contribution in [0.5, 0.6) is 0 Å². The number of fused-ring (bicyclic) bond motifs is 1. The van der Waals surface area contributed by atoms with Crippen molar-refractivity contribution in [3.05, 3.63) is 59.9 Å². The average Bonchev–Trinajstić information content (AvgIpc) is 3.19. The predicted octanol–water partition coefficient (Wildman–Crippen LogP) is 2.87. The van der Waals surface area contributed by atoms with E-state index in [0.29, 0.717) is 5.16 Å². The van der Waals surface area contributed by atoms with Crippen molar-refractivity contribution < 1.29 is 9.18 Å². The Morgan fingerprint density at radius 2 is 1.96 bits per heavy atom. The lowest BCUT2D eigenvalue weighted by Gasteiger charge is -2.22. The highest BCUT2D eigenvalue weighted by Crippen LogP contribution is 2.33. The zero-order valence-corrected chi connectivity index (χ0v) is 15.5. The number of hydrogen-bond donors (Lipinski definition) is 1. The average molecular weight is 383 g/mol. The summed E-state index contributed by atoms with van der Waals surface area (Å²) in [5.74, 6) is 5.98. The number of thioether (sulfide) groups is 1. The Morgan fingerprint density at radius 3 is 2.78 bits per heavy atom. The topological polar surface area (TPSA) is 77.0 Å². The molecule has 4 rings (SSSR count). The van der Waals surface area contributed by atoms with Crippen molar-refractivity contribution in [1.82, 2.24) is 14.9 Å². The number of benzene rings is 2. The van der Waals surface area contributed by atoms with E-state index in [4.69, 9.17) is 5.84 Å². The molecule has 0 aliphatic carbocycles. The molecule has 3 aromatic rings. The summed E-state index contributed by atoms with van der Waals surface area (Å²) in [6.45, 7) is 2.03. The number of hydrogen-bond acceptors (Lipinski definition) is 5. The molecule has 0 spiro atoms. The number of amides is 1. The zero-order chi connectivity index (χ0) is 19.0. The monoisotopic (exact) mass is 383 g/mol. The van der Waals surface area contributed by atoms with Gasteiger partial charge in [-0.05, 0) is 37.1 Å². The van der Waals surface area contributed by atoms with Gasteiger partial charge in [-0.3, -0.25) is 4.79 Å². The van der Waals surface area contributed by atoms with Crippen LogP contribution >= 0.6 is 11.8 Å². The van der Waals surface area contributed by atoms with Crippen molar-refractivity contribution in [2.45, 2.75) is 24.5 Å². The van der Waals surface area contributed by atoms with E-state index < -0.39 is 5.82 Å². The molecule has 1 aliphatic rings. The van der Waals surface area contributed by atoms with Gasteiger partial charge in [-0.25, -0.2) is 9.07 Å². The summed E-state index contributed by atoms with van der Waals surface area (Å²) in [7, 11) is 0. The van der Waals surface area contributed by atoms with E-state index in [1.807, 2.05) is 36.1 Å². The largest absolute Gasteiger partial charge is 0.335 e. The molecule has 0 saturated carbocycles. The minimum atomic E-state index is -0.424. The van der Waals surface area contributed by atoms with Gasteiger partial charge in [0.15, 0.2) is 5.82 Å². The molecule has 0 radical (unpaired) electrons. The van der Waals surface area contributed by atoms with Gasteiger partial charge in [0.05, 0.1) is 11.3 Å². The number of nitrogens with zero attached hydrogens (tertiary/aromatic N) is 4. The molecule has 0 unspecified atom stereocenters. The SMILES string of the molecule is C[C@H]1Cc2ccccc2N1C(=O)CSc1nnc(-c2ccccc2F)n1N. The molecule has 1 atom stereocenters. The third kappa shape index (κ3) is 3.16. The number of carbonyl (C=O) groups is 1. The van der Waals surface area contributed by atoms with Gasteiger partial charge in [0, 0.05) is 11.7 Å². The summed E-state index contributed by atoms with van der Waals surface area (Å²) >= 11 is 1.19. The number of halogens is 1. The highest BCUT2D eigenvalue weighted by molar-refractivity contribution is 7.99. The normalized spacial score (nSPS) is 15.8. The maximum absolute atomic E-state index is 14.0. The first-order chi connectivity index (χ1) is 13.1. The second-order valence-electron chi connectivity index (χ2n) is 6.39. The lowest BCUT2D eigenvalue weighted by atomic mass is 10.1. The maximum Gasteiger partial charge on any atom is 0.237 e. The predicted molar refractivity (Wildman–Crippen MR) is 103 cm³/mol. The van der Waals surface area contributed by atoms with E-state index in [1.54, 1.807) is 18.2 Å². The first-order valence-electron chi connectivity index (χ1n) is 8.54. The van der Waals surface area contributed by atoms with Crippen molar-refractivity contribution in [3.8, 4) is 11.4 Å². The Morgan fingerprint density at radius 1 is 1.22 bits per heavy atom. The van der Waals surface area contributed by atoms with E-state index in [1.165, 1.54) is 28.1 Å². The van der Waals surface area contributed by atoms with Crippen LogP contribution in [-0.4, -0.2) is 32.6 Å². The summed E-state index contributed by atoms with van der Waals surface area (Å²) in [4.78, 5) is 14.6. The molecular weight excluding hydrogens is 365 g/mol. The fourth-order valence-corrected chi connectivity index (χ4v) is 4.06. The Balaban J connectivity index is 1.50. The van der Waals surface area contributed by atoms with Crippen molar-refractivity contribution >= 4 is 23.4 Å². The van der Waals surface area contributed by atoms with Crippen LogP contribution in [0.1, 0.15) is 12.5 Å². The van der Waals surface area contributed by atoms with E-state index in [2.05, 4.69) is 10.2 Å². The number of anilines is 1. The summed E-state index contributed by atoms with van der Waals surface area (Å²) in [6, 6.07) is 14.3. The second-order valence-corrected chi connectivity index (χ2v) is 7.33. The first-order valence-corrected chi connectivity index (χ1v) is 9.53. The highest BCUT2D eigenvalue weighted by atomic mass is 32.2. The molecule has 0 saturated heterocycles. The van der Waals surface area contributed by atoms with Crippen molar-refractivity contribution in [1.29, 1.82) is 0 Å². The molecular formula is C19H18FN5OS. The van der Waals surface area contributed by atoms with Gasteiger partial charge < -0.3 is 10.7 Å². The molecule has 2 heterocycles. The zero-order valence-electron chi connectivity index (χ0n) is 14.7. The number of nitrogen functional groups attached to an aromatic ring is 1. The Kier molecular flexibility index (Phi) is 4.57. The lowest BCUT2D eigenvalue weighted by molar-refractivity contribution is -0.116.